The summed E-state index contributed by atoms with van der Waals surface area (Å²) < 4.78 is 13.5. The van der Waals surface area contributed by atoms with Crippen molar-refractivity contribution in [2.24, 2.45) is 23.7 Å². The minimum atomic E-state index is -0.334. The predicted octanol–water partition coefficient (Wildman–Crippen LogP) is 1.78. The Balaban J connectivity index is 1.22. The van der Waals surface area contributed by atoms with Crippen molar-refractivity contribution in [3.8, 4) is 0 Å². The van der Waals surface area contributed by atoms with Crippen molar-refractivity contribution in [3.05, 3.63) is 47.8 Å². The van der Waals surface area contributed by atoms with Gasteiger partial charge in [-0.1, -0.05) is 24.3 Å². The largest absolute Gasteiger partial charge is 0.354 e. The Bertz CT molecular complexity index is 846. The van der Waals surface area contributed by atoms with Crippen LogP contribution in [0.2, 0.25) is 0 Å². The van der Waals surface area contributed by atoms with E-state index in [4.69, 9.17) is 0 Å². The van der Waals surface area contributed by atoms with Gasteiger partial charge in [-0.05, 0) is 48.8 Å². The zero-order chi connectivity index (χ0) is 18.8. The lowest BCUT2D eigenvalue weighted by molar-refractivity contribution is -0.144. The van der Waals surface area contributed by atoms with Crippen molar-refractivity contribution in [2.45, 2.75) is 24.7 Å². The highest BCUT2D eigenvalue weighted by Gasteiger charge is 2.59. The Labute approximate surface area is 156 Å². The van der Waals surface area contributed by atoms with E-state index >= 15 is 0 Å². The molecule has 1 aromatic carbocycles. The van der Waals surface area contributed by atoms with Gasteiger partial charge < -0.3 is 5.32 Å². The van der Waals surface area contributed by atoms with Crippen LogP contribution in [0.5, 0.6) is 0 Å². The number of hydrogen-bond donors (Lipinski definition) is 1. The monoisotopic (exact) mass is 368 g/mol. The molecule has 0 aromatic heterocycles. The van der Waals surface area contributed by atoms with Gasteiger partial charge in [0.2, 0.25) is 17.7 Å². The average Bonchev–Trinajstić information content (AvgIpc) is 3.06. The number of rotatable bonds is 5. The minimum absolute atomic E-state index is 0.146. The maximum Gasteiger partial charge on any atom is 0.240 e. The quantitative estimate of drug-likeness (QED) is 0.636. The van der Waals surface area contributed by atoms with Gasteiger partial charge in [0.25, 0.3) is 0 Å². The third-order valence-electron chi connectivity index (χ3n) is 6.78. The van der Waals surface area contributed by atoms with Crippen LogP contribution in [0.3, 0.4) is 0 Å². The van der Waals surface area contributed by atoms with Gasteiger partial charge >= 0.3 is 0 Å². The molecule has 3 fully saturated rings. The molecule has 3 aliphatic carbocycles. The van der Waals surface area contributed by atoms with Crippen LogP contribution in [0, 0.1) is 29.5 Å². The highest BCUT2D eigenvalue weighted by Crippen LogP contribution is 2.52. The van der Waals surface area contributed by atoms with E-state index in [1.807, 2.05) is 18.2 Å². The number of likely N-dealkylation sites (tertiary alicyclic amines) is 1. The molecule has 6 heteroatoms. The first-order chi connectivity index (χ1) is 13.0. The van der Waals surface area contributed by atoms with Gasteiger partial charge in [0.05, 0.1) is 11.8 Å². The molecule has 4 unspecified atom stereocenters. The number of fused-ring (bicyclic) bond motifs is 5. The zero-order valence-corrected chi connectivity index (χ0v) is 14.9. The lowest BCUT2D eigenvalue weighted by Gasteiger charge is -2.20. The molecule has 1 N–H and O–H groups in total. The molecule has 1 aliphatic heterocycles. The molecule has 4 aliphatic rings. The maximum atomic E-state index is 13.5. The number of carbonyl (C=O) groups excluding carboxylic acids is 3. The highest BCUT2D eigenvalue weighted by atomic mass is 19.1. The molecule has 5 nitrogen and oxygen atoms in total. The van der Waals surface area contributed by atoms with Crippen molar-refractivity contribution < 1.29 is 18.8 Å². The summed E-state index contributed by atoms with van der Waals surface area (Å²) in [6.07, 6.45) is 6.73. The average molecular weight is 368 g/mol. The van der Waals surface area contributed by atoms with Gasteiger partial charge in [-0.2, -0.15) is 0 Å². The van der Waals surface area contributed by atoms with Crippen LogP contribution in [0.25, 0.3) is 0 Å². The predicted molar refractivity (Wildman–Crippen MR) is 94.8 cm³/mol. The summed E-state index contributed by atoms with van der Waals surface area (Å²) in [5.41, 5.74) is 0.657. The van der Waals surface area contributed by atoms with Gasteiger partial charge in [0.15, 0.2) is 0 Å². The van der Waals surface area contributed by atoms with Crippen LogP contribution in [0.4, 0.5) is 4.39 Å². The molecule has 2 bridgehead atoms. The lowest BCUT2D eigenvalue weighted by atomic mass is 9.85. The number of carbonyl (C=O) groups is 3. The van der Waals surface area contributed by atoms with Crippen LogP contribution in [0.15, 0.2) is 36.4 Å². The van der Waals surface area contributed by atoms with E-state index in [1.54, 1.807) is 6.07 Å². The van der Waals surface area contributed by atoms with E-state index in [0.29, 0.717) is 6.54 Å². The molecule has 4 atom stereocenters. The van der Waals surface area contributed by atoms with E-state index < -0.39 is 0 Å². The van der Waals surface area contributed by atoms with Crippen LogP contribution in [-0.2, 0) is 19.8 Å². The maximum absolute atomic E-state index is 13.5. The SMILES string of the molecule is O=C(CN1C(=O)C2C3C=CC(C3)C2C1=O)NCC1(c2cccc(F)c2)CC1. The number of nitrogens with one attached hydrogen (secondary N) is 1. The summed E-state index contributed by atoms with van der Waals surface area (Å²) in [5.74, 6) is -1.29. The second-order valence-electron chi connectivity index (χ2n) is 8.33. The molecule has 1 aromatic rings. The molecule has 5 rings (SSSR count). The minimum Gasteiger partial charge on any atom is -0.354 e. The third-order valence-corrected chi connectivity index (χ3v) is 6.78. The Kier molecular flexibility index (Phi) is 3.55. The van der Waals surface area contributed by atoms with Crippen molar-refractivity contribution >= 4 is 17.7 Å². The molecule has 1 heterocycles. The molecule has 1 saturated heterocycles. The van der Waals surface area contributed by atoms with Crippen molar-refractivity contribution in [1.82, 2.24) is 10.2 Å². The number of benzene rings is 1. The molecule has 27 heavy (non-hydrogen) atoms. The fraction of sp³-hybridized carbons (Fsp3) is 0.476. The van der Waals surface area contributed by atoms with E-state index in [-0.39, 0.29) is 59.2 Å². The normalized spacial score (nSPS) is 32.1. The molecule has 140 valence electrons. The molecular formula is C21H21FN2O3. The summed E-state index contributed by atoms with van der Waals surface area (Å²) in [6.45, 7) is 0.175. The first-order valence-electron chi connectivity index (χ1n) is 9.55. The smallest absolute Gasteiger partial charge is 0.240 e. The van der Waals surface area contributed by atoms with Crippen molar-refractivity contribution in [2.75, 3.05) is 13.1 Å². The lowest BCUT2D eigenvalue weighted by Crippen LogP contribution is -2.43. The molecular weight excluding hydrogens is 347 g/mol. The number of nitrogens with zero attached hydrogens (tertiary/aromatic N) is 1. The van der Waals surface area contributed by atoms with Crippen LogP contribution in [0.1, 0.15) is 24.8 Å². The Morgan fingerprint density at radius 2 is 1.81 bits per heavy atom. The number of hydrogen-bond acceptors (Lipinski definition) is 3. The topological polar surface area (TPSA) is 66.5 Å². The van der Waals surface area contributed by atoms with Crippen LogP contribution < -0.4 is 5.32 Å². The Morgan fingerprint density at radius 3 is 2.41 bits per heavy atom. The second-order valence-corrected chi connectivity index (χ2v) is 8.33. The standard InChI is InChI=1S/C21H21FN2O3/c22-15-3-1-2-14(9-15)21(6-7-21)11-23-16(25)10-24-19(26)17-12-4-5-13(8-12)18(17)20(24)27/h1-5,9,12-13,17-18H,6-8,10-11H2,(H,23,25). The summed E-state index contributed by atoms with van der Waals surface area (Å²) in [7, 11) is 0. The number of amides is 3. The number of allylic oxidation sites excluding steroid dienone is 2. The molecule has 0 radical (unpaired) electrons. The van der Waals surface area contributed by atoms with Crippen molar-refractivity contribution in [1.29, 1.82) is 0 Å². The van der Waals surface area contributed by atoms with Gasteiger partial charge in [0.1, 0.15) is 12.4 Å². The third kappa shape index (κ3) is 2.53. The Hall–Kier alpha value is -2.50. The van der Waals surface area contributed by atoms with Crippen molar-refractivity contribution in [3.63, 3.8) is 0 Å². The fourth-order valence-electron chi connectivity index (χ4n) is 5.12. The summed E-state index contributed by atoms with van der Waals surface area (Å²) in [5, 5.41) is 2.85. The van der Waals surface area contributed by atoms with E-state index in [2.05, 4.69) is 5.32 Å². The first kappa shape index (κ1) is 16.7. The van der Waals surface area contributed by atoms with Gasteiger partial charge in [0, 0.05) is 12.0 Å². The van der Waals surface area contributed by atoms with Gasteiger partial charge in [-0.3, -0.25) is 19.3 Å². The number of halogens is 1. The summed E-state index contributed by atoms with van der Waals surface area (Å²) in [6, 6.07) is 6.47. The number of imide groups is 1. The second kappa shape index (κ2) is 5.75. The van der Waals surface area contributed by atoms with Crippen LogP contribution in [-0.4, -0.2) is 35.7 Å². The molecule has 2 saturated carbocycles. The highest BCUT2D eigenvalue weighted by molar-refractivity contribution is 6.08. The summed E-state index contributed by atoms with van der Waals surface area (Å²) >= 11 is 0. The van der Waals surface area contributed by atoms with Gasteiger partial charge in [-0.15, -0.1) is 0 Å². The summed E-state index contributed by atoms with van der Waals surface area (Å²) in [4.78, 5) is 38.8. The Morgan fingerprint density at radius 1 is 1.15 bits per heavy atom. The van der Waals surface area contributed by atoms with E-state index in [0.717, 1.165) is 29.7 Å². The fourth-order valence-corrected chi connectivity index (χ4v) is 5.12. The molecule has 3 amide bonds. The first-order valence-corrected chi connectivity index (χ1v) is 9.55. The van der Waals surface area contributed by atoms with E-state index in [9.17, 15) is 18.8 Å². The zero-order valence-electron chi connectivity index (χ0n) is 14.9. The van der Waals surface area contributed by atoms with Gasteiger partial charge in [-0.25, -0.2) is 4.39 Å². The van der Waals surface area contributed by atoms with Crippen LogP contribution >= 0.6 is 0 Å². The molecule has 0 spiro atoms. The van der Waals surface area contributed by atoms with E-state index in [1.165, 1.54) is 12.1 Å².